The Morgan fingerprint density at radius 2 is 2.07 bits per heavy atom. The van der Waals surface area contributed by atoms with Crippen LogP contribution in [0, 0.1) is 11.3 Å². The third kappa shape index (κ3) is 3.92. The first-order valence-electron chi connectivity index (χ1n) is 9.80. The van der Waals surface area contributed by atoms with Crippen LogP contribution in [-0.2, 0) is 16.6 Å². The van der Waals surface area contributed by atoms with Crippen molar-refractivity contribution in [3.05, 3.63) is 36.0 Å². The molecular weight excluding hydrogens is 392 g/mol. The third-order valence-corrected chi connectivity index (χ3v) is 7.68. The molecule has 0 aliphatic carbocycles. The van der Waals surface area contributed by atoms with E-state index in [1.165, 1.54) is 10.6 Å². The normalized spacial score (nSPS) is 25.8. The van der Waals surface area contributed by atoms with Gasteiger partial charge in [0.05, 0.1) is 31.9 Å². The first-order valence-corrected chi connectivity index (χ1v) is 11.6. The lowest BCUT2D eigenvalue weighted by atomic mass is 9.73. The Kier molecular flexibility index (Phi) is 5.41. The fourth-order valence-corrected chi connectivity index (χ4v) is 5.58. The average molecular weight is 421 g/mol. The van der Waals surface area contributed by atoms with Crippen LogP contribution in [-0.4, -0.2) is 79.1 Å². The molecule has 2 aliphatic heterocycles. The summed E-state index contributed by atoms with van der Waals surface area (Å²) >= 11 is 0. The predicted molar refractivity (Wildman–Crippen MR) is 110 cm³/mol. The number of fused-ring (bicyclic) bond motifs is 1. The highest BCUT2D eigenvalue weighted by Crippen LogP contribution is 2.43. The zero-order chi connectivity index (χ0) is 20.6. The fourth-order valence-electron chi connectivity index (χ4n) is 4.64. The van der Waals surface area contributed by atoms with Crippen LogP contribution < -0.4 is 4.74 Å². The number of aromatic nitrogens is 2. The Morgan fingerprint density at radius 1 is 1.31 bits per heavy atom. The van der Waals surface area contributed by atoms with Crippen molar-refractivity contribution >= 4 is 10.0 Å². The maximum absolute atomic E-state index is 12.0. The summed E-state index contributed by atoms with van der Waals surface area (Å²) in [6.07, 6.45) is 3.89. The summed E-state index contributed by atoms with van der Waals surface area (Å²) in [7, 11) is -1.60. The van der Waals surface area contributed by atoms with E-state index in [0.717, 1.165) is 48.6 Å². The smallest absolute Gasteiger partial charge is 0.211 e. The van der Waals surface area contributed by atoms with Crippen molar-refractivity contribution in [1.29, 1.82) is 0 Å². The van der Waals surface area contributed by atoms with Gasteiger partial charge < -0.3 is 9.84 Å². The number of piperidine rings is 1. The van der Waals surface area contributed by atoms with E-state index in [1.54, 1.807) is 7.11 Å². The van der Waals surface area contributed by atoms with Crippen molar-refractivity contribution in [2.75, 3.05) is 46.2 Å². The zero-order valence-electron chi connectivity index (χ0n) is 16.8. The number of methoxy groups -OCH3 is 1. The predicted octanol–water partition coefficient (Wildman–Crippen LogP) is 1.16. The molecule has 29 heavy (non-hydrogen) atoms. The van der Waals surface area contributed by atoms with Gasteiger partial charge in [-0.1, -0.05) is 0 Å². The van der Waals surface area contributed by atoms with E-state index in [1.807, 2.05) is 30.5 Å². The lowest BCUT2D eigenvalue weighted by molar-refractivity contribution is 0.0171. The molecule has 2 aromatic rings. The Morgan fingerprint density at radius 3 is 2.72 bits per heavy atom. The van der Waals surface area contributed by atoms with E-state index in [-0.39, 0.29) is 17.9 Å². The number of hydrogen-bond donors (Lipinski definition) is 2. The summed E-state index contributed by atoms with van der Waals surface area (Å²) in [6.45, 7) is 3.24. The molecule has 2 saturated heterocycles. The van der Waals surface area contributed by atoms with Gasteiger partial charge in [0.2, 0.25) is 10.0 Å². The number of H-pyrrole nitrogens is 1. The molecule has 1 aromatic carbocycles. The number of aliphatic hydroxyl groups excluding tert-OH is 1. The van der Waals surface area contributed by atoms with Gasteiger partial charge in [0, 0.05) is 42.7 Å². The van der Waals surface area contributed by atoms with Crippen LogP contribution in [0.4, 0.5) is 0 Å². The lowest BCUT2D eigenvalue weighted by Crippen LogP contribution is -2.48. The molecule has 1 aromatic heterocycles. The van der Waals surface area contributed by atoms with E-state index in [9.17, 15) is 13.5 Å². The second-order valence-electron chi connectivity index (χ2n) is 8.26. The molecule has 2 fully saturated rings. The number of rotatable bonds is 6. The molecule has 0 saturated carbocycles. The quantitative estimate of drug-likeness (QED) is 0.728. The standard InChI is InChI=1S/C20H28N4O4S/c1-28-18-5-3-15(4-6-18)19-16(9-21-22-19)10-23-8-7-20(14-25)13-24(29(2,26)27)12-17(20)11-23/h3-6,9,17,25H,7-8,10-14H2,1-2H3,(H,21,22)/t17-,20+/m1/s1. The van der Waals surface area contributed by atoms with E-state index >= 15 is 0 Å². The Labute approximate surface area is 171 Å². The minimum Gasteiger partial charge on any atom is -0.497 e. The van der Waals surface area contributed by atoms with Crippen molar-refractivity contribution in [3.63, 3.8) is 0 Å². The number of nitrogens with one attached hydrogen (secondary N) is 1. The van der Waals surface area contributed by atoms with Crippen molar-refractivity contribution in [1.82, 2.24) is 19.4 Å². The average Bonchev–Trinajstić information content (AvgIpc) is 3.32. The maximum atomic E-state index is 12.0. The maximum Gasteiger partial charge on any atom is 0.211 e. The highest BCUT2D eigenvalue weighted by atomic mass is 32.2. The molecular formula is C20H28N4O4S. The number of aromatic amines is 1. The van der Waals surface area contributed by atoms with Crippen molar-refractivity contribution in [2.45, 2.75) is 13.0 Å². The molecule has 0 amide bonds. The van der Waals surface area contributed by atoms with Crippen molar-refractivity contribution in [2.24, 2.45) is 11.3 Å². The zero-order valence-corrected chi connectivity index (χ0v) is 17.7. The summed E-state index contributed by atoms with van der Waals surface area (Å²) in [5.41, 5.74) is 2.80. The SMILES string of the molecule is COc1ccc(-c2[nH]ncc2CN2CC[C@@]3(CO)CN(S(C)(=O)=O)C[C@H]3C2)cc1. The van der Waals surface area contributed by atoms with Gasteiger partial charge in [-0.05, 0) is 43.1 Å². The van der Waals surface area contributed by atoms with Crippen LogP contribution in [0.3, 0.4) is 0 Å². The van der Waals surface area contributed by atoms with Gasteiger partial charge in [-0.15, -0.1) is 0 Å². The number of ether oxygens (including phenoxy) is 1. The van der Waals surface area contributed by atoms with Crippen LogP contribution in [0.1, 0.15) is 12.0 Å². The molecule has 2 atom stereocenters. The van der Waals surface area contributed by atoms with Gasteiger partial charge in [-0.25, -0.2) is 12.7 Å². The van der Waals surface area contributed by atoms with E-state index in [0.29, 0.717) is 13.1 Å². The number of hydrogen-bond acceptors (Lipinski definition) is 6. The van der Waals surface area contributed by atoms with Crippen LogP contribution in [0.2, 0.25) is 0 Å². The second kappa shape index (κ2) is 7.71. The van der Waals surface area contributed by atoms with Gasteiger partial charge in [-0.3, -0.25) is 10.00 Å². The molecule has 0 radical (unpaired) electrons. The monoisotopic (exact) mass is 420 g/mol. The molecule has 2 N–H and O–H groups in total. The number of sulfonamides is 1. The number of aliphatic hydroxyl groups is 1. The Bertz CT molecular complexity index is 959. The van der Waals surface area contributed by atoms with Gasteiger partial charge in [0.25, 0.3) is 0 Å². The van der Waals surface area contributed by atoms with Gasteiger partial charge >= 0.3 is 0 Å². The summed E-state index contributed by atoms with van der Waals surface area (Å²) < 4.78 is 30.8. The van der Waals surface area contributed by atoms with Gasteiger partial charge in [0.1, 0.15) is 5.75 Å². The van der Waals surface area contributed by atoms with E-state index in [4.69, 9.17) is 4.74 Å². The topological polar surface area (TPSA) is 98.8 Å². The van der Waals surface area contributed by atoms with E-state index < -0.39 is 10.0 Å². The van der Waals surface area contributed by atoms with Gasteiger partial charge in [0.15, 0.2) is 0 Å². The molecule has 8 nitrogen and oxygen atoms in total. The fraction of sp³-hybridized carbons (Fsp3) is 0.550. The summed E-state index contributed by atoms with van der Waals surface area (Å²) in [6, 6.07) is 7.86. The summed E-state index contributed by atoms with van der Waals surface area (Å²) in [4.78, 5) is 2.34. The van der Waals surface area contributed by atoms with Crippen LogP contribution in [0.5, 0.6) is 5.75 Å². The molecule has 2 aliphatic rings. The minimum atomic E-state index is -3.25. The third-order valence-electron chi connectivity index (χ3n) is 6.46. The van der Waals surface area contributed by atoms with Crippen LogP contribution >= 0.6 is 0 Å². The second-order valence-corrected chi connectivity index (χ2v) is 10.2. The molecule has 0 unspecified atom stereocenters. The molecule has 0 spiro atoms. The minimum absolute atomic E-state index is 0.0281. The molecule has 158 valence electrons. The van der Waals surface area contributed by atoms with Crippen molar-refractivity contribution < 1.29 is 18.3 Å². The van der Waals surface area contributed by atoms with Crippen LogP contribution in [0.15, 0.2) is 30.5 Å². The highest BCUT2D eigenvalue weighted by Gasteiger charge is 2.51. The molecule has 0 bridgehead atoms. The summed E-state index contributed by atoms with van der Waals surface area (Å²) in [5.74, 6) is 0.940. The molecule has 4 rings (SSSR count). The van der Waals surface area contributed by atoms with Crippen molar-refractivity contribution in [3.8, 4) is 17.0 Å². The summed E-state index contributed by atoms with van der Waals surface area (Å²) in [5, 5.41) is 17.4. The Balaban J connectivity index is 1.49. The molecule has 3 heterocycles. The van der Waals surface area contributed by atoms with Gasteiger partial charge in [-0.2, -0.15) is 5.10 Å². The lowest BCUT2D eigenvalue weighted by Gasteiger charge is -2.42. The molecule has 9 heteroatoms. The first kappa shape index (κ1) is 20.3. The number of likely N-dealkylation sites (tertiary alicyclic amines) is 1. The number of benzene rings is 1. The Hall–Kier alpha value is -1.94. The largest absolute Gasteiger partial charge is 0.497 e. The first-order chi connectivity index (χ1) is 13.8. The highest BCUT2D eigenvalue weighted by molar-refractivity contribution is 7.88. The number of nitrogens with zero attached hydrogens (tertiary/aromatic N) is 3. The van der Waals surface area contributed by atoms with E-state index in [2.05, 4.69) is 15.1 Å². The van der Waals surface area contributed by atoms with Crippen LogP contribution in [0.25, 0.3) is 11.3 Å².